The summed E-state index contributed by atoms with van der Waals surface area (Å²) in [6.07, 6.45) is -1.11. The number of nitrogens with one attached hydrogen (secondary N) is 2. The van der Waals surface area contributed by atoms with E-state index in [4.69, 9.17) is 10.5 Å². The molecule has 9 heteroatoms. The number of benzene rings is 1. The van der Waals surface area contributed by atoms with Crippen LogP contribution in [0, 0.1) is 11.8 Å². The van der Waals surface area contributed by atoms with Crippen molar-refractivity contribution in [2.45, 2.75) is 0 Å². The van der Waals surface area contributed by atoms with Gasteiger partial charge in [0.1, 0.15) is 5.75 Å². The highest BCUT2D eigenvalue weighted by molar-refractivity contribution is 7.91. The molecule has 1 aromatic carbocycles. The molecule has 4 N–H and O–H groups in total. The Balaban J connectivity index is 3.07. The molecule has 0 atom stereocenters. The molecule has 0 aliphatic carbocycles. The van der Waals surface area contributed by atoms with Gasteiger partial charge >= 0.3 is 16.3 Å². The number of methoxy groups -OCH3 is 2. The molecule has 0 bridgehead atoms. The second-order valence-electron chi connectivity index (χ2n) is 3.62. The molecule has 1 aromatic rings. The van der Waals surface area contributed by atoms with E-state index in [2.05, 4.69) is 21.3 Å². The summed E-state index contributed by atoms with van der Waals surface area (Å²) in [6, 6.07) is 4.64. The first kappa shape index (κ1) is 16.6. The summed E-state index contributed by atoms with van der Waals surface area (Å²) in [5.41, 5.74) is 5.93. The normalized spacial score (nSPS) is 10.0. The zero-order valence-corrected chi connectivity index (χ0v) is 12.3. The van der Waals surface area contributed by atoms with Gasteiger partial charge < -0.3 is 15.2 Å². The molecule has 1 rings (SSSR count). The smallest absolute Gasteiger partial charge is 0.422 e. The van der Waals surface area contributed by atoms with E-state index in [1.165, 1.54) is 19.2 Å². The zero-order chi connectivity index (χ0) is 15.9. The van der Waals surface area contributed by atoms with Crippen LogP contribution in [0.1, 0.15) is 5.56 Å². The van der Waals surface area contributed by atoms with E-state index in [9.17, 15) is 13.2 Å². The minimum absolute atomic E-state index is 0.123. The van der Waals surface area contributed by atoms with E-state index in [1.54, 1.807) is 10.8 Å². The van der Waals surface area contributed by atoms with E-state index < -0.39 is 16.3 Å². The highest BCUT2D eigenvalue weighted by Crippen LogP contribution is 2.25. The Kier molecular flexibility index (Phi) is 5.83. The van der Waals surface area contributed by atoms with Gasteiger partial charge in [0, 0.05) is 5.56 Å². The number of rotatable bonds is 4. The zero-order valence-electron chi connectivity index (χ0n) is 11.5. The van der Waals surface area contributed by atoms with Gasteiger partial charge in [-0.2, -0.15) is 8.42 Å². The van der Waals surface area contributed by atoms with Crippen LogP contribution < -0.4 is 19.9 Å². The minimum atomic E-state index is -4.14. The molecule has 0 aliphatic heterocycles. The first-order valence-electron chi connectivity index (χ1n) is 5.67. The highest BCUT2D eigenvalue weighted by atomic mass is 32.2. The Labute approximate surface area is 122 Å². The van der Waals surface area contributed by atoms with Gasteiger partial charge in [0.2, 0.25) is 0 Å². The fourth-order valence-electron chi connectivity index (χ4n) is 1.34. The third kappa shape index (κ3) is 5.21. The lowest BCUT2D eigenvalue weighted by Gasteiger charge is -2.12. The number of anilines is 1. The summed E-state index contributed by atoms with van der Waals surface area (Å²) in [7, 11) is -1.71. The molecule has 0 spiro atoms. The fourth-order valence-corrected chi connectivity index (χ4v) is 2.14. The molecule has 0 saturated carbocycles. The van der Waals surface area contributed by atoms with Crippen LogP contribution in [0.3, 0.4) is 0 Å². The van der Waals surface area contributed by atoms with Crippen molar-refractivity contribution in [1.29, 1.82) is 0 Å². The quantitative estimate of drug-likeness (QED) is 0.674. The molecular formula is C12H15N3O5S. The average Bonchev–Trinajstić information content (AvgIpc) is 2.44. The predicted octanol–water partition coefficient (Wildman–Crippen LogP) is 0.0181. The van der Waals surface area contributed by atoms with Gasteiger partial charge in [-0.15, -0.1) is 0 Å². The topological polar surface area (TPSA) is 120 Å². The first-order valence-corrected chi connectivity index (χ1v) is 7.15. The molecule has 0 radical (unpaired) electrons. The van der Waals surface area contributed by atoms with Gasteiger partial charge in [0.25, 0.3) is 0 Å². The van der Waals surface area contributed by atoms with E-state index in [0.29, 0.717) is 5.56 Å². The fraction of sp³-hybridized carbons (Fsp3) is 0.250. The number of ether oxygens (including phenoxy) is 2. The summed E-state index contributed by atoms with van der Waals surface area (Å²) in [6.45, 7) is 0.178. The highest BCUT2D eigenvalue weighted by Gasteiger charge is 2.17. The maximum absolute atomic E-state index is 11.7. The third-order valence-electron chi connectivity index (χ3n) is 2.18. The number of carbonyl (C=O) groups is 1. The van der Waals surface area contributed by atoms with Crippen molar-refractivity contribution >= 4 is 22.0 Å². The van der Waals surface area contributed by atoms with E-state index in [-0.39, 0.29) is 18.0 Å². The molecule has 0 unspecified atom stereocenters. The van der Waals surface area contributed by atoms with Crippen molar-refractivity contribution in [3.05, 3.63) is 23.8 Å². The van der Waals surface area contributed by atoms with Gasteiger partial charge in [0.05, 0.1) is 26.5 Å². The van der Waals surface area contributed by atoms with Crippen molar-refractivity contribution in [1.82, 2.24) is 4.72 Å². The van der Waals surface area contributed by atoms with Gasteiger partial charge in [-0.25, -0.2) is 9.52 Å². The Morgan fingerprint density at radius 2 is 2.10 bits per heavy atom. The van der Waals surface area contributed by atoms with Crippen molar-refractivity contribution in [2.24, 2.45) is 5.73 Å². The maximum atomic E-state index is 11.7. The predicted molar refractivity (Wildman–Crippen MR) is 77.0 cm³/mol. The standard InChI is InChI=1S/C12H15N3O5S/c1-19-11-6-5-9(4-3-7-13)8-10(11)14-21(17,18)15-12(16)20-2/h5-6,8,14H,7,13H2,1-2H3,(H,15,16). The van der Waals surface area contributed by atoms with Crippen molar-refractivity contribution < 1.29 is 22.7 Å². The Hall–Kier alpha value is -2.44. The van der Waals surface area contributed by atoms with E-state index in [0.717, 1.165) is 7.11 Å². The molecule has 21 heavy (non-hydrogen) atoms. The molecule has 114 valence electrons. The summed E-state index contributed by atoms with van der Waals surface area (Å²) >= 11 is 0. The molecule has 0 saturated heterocycles. The van der Waals surface area contributed by atoms with Crippen molar-refractivity contribution in [3.8, 4) is 17.6 Å². The monoisotopic (exact) mass is 313 g/mol. The lowest BCUT2D eigenvalue weighted by atomic mass is 10.2. The first-order chi connectivity index (χ1) is 9.91. The summed E-state index contributed by atoms with van der Waals surface area (Å²) in [5.74, 6) is 5.67. The Morgan fingerprint density at radius 1 is 1.38 bits per heavy atom. The second kappa shape index (κ2) is 7.37. The van der Waals surface area contributed by atoms with Crippen LogP contribution in [-0.4, -0.2) is 35.3 Å². The van der Waals surface area contributed by atoms with Crippen molar-refractivity contribution in [3.63, 3.8) is 0 Å². The minimum Gasteiger partial charge on any atom is -0.495 e. The van der Waals surface area contributed by atoms with Gasteiger partial charge in [-0.3, -0.25) is 4.72 Å². The van der Waals surface area contributed by atoms with Gasteiger partial charge in [0.15, 0.2) is 0 Å². The van der Waals surface area contributed by atoms with Crippen LogP contribution >= 0.6 is 0 Å². The lowest BCUT2D eigenvalue weighted by molar-refractivity contribution is 0.177. The average molecular weight is 313 g/mol. The van der Waals surface area contributed by atoms with Gasteiger partial charge in [-0.05, 0) is 18.2 Å². The van der Waals surface area contributed by atoms with Crippen LogP contribution in [-0.2, 0) is 14.9 Å². The van der Waals surface area contributed by atoms with Crippen LogP contribution in [0.25, 0.3) is 0 Å². The number of hydrogen-bond donors (Lipinski definition) is 3. The van der Waals surface area contributed by atoms with E-state index >= 15 is 0 Å². The summed E-state index contributed by atoms with van der Waals surface area (Å²) in [4.78, 5) is 11.0. The SMILES string of the molecule is COC(=O)NS(=O)(=O)Nc1cc(C#CCN)ccc1OC. The molecule has 0 fully saturated rings. The van der Waals surface area contributed by atoms with E-state index in [1.807, 2.05) is 0 Å². The van der Waals surface area contributed by atoms with Crippen LogP contribution in [0.5, 0.6) is 5.75 Å². The maximum Gasteiger partial charge on any atom is 0.422 e. The Morgan fingerprint density at radius 3 is 2.67 bits per heavy atom. The van der Waals surface area contributed by atoms with Gasteiger partial charge in [-0.1, -0.05) is 11.8 Å². The molecule has 8 nitrogen and oxygen atoms in total. The molecule has 0 heterocycles. The molecular weight excluding hydrogens is 298 g/mol. The second-order valence-corrected chi connectivity index (χ2v) is 5.04. The van der Waals surface area contributed by atoms with Crippen LogP contribution in [0.15, 0.2) is 18.2 Å². The number of nitrogens with two attached hydrogens (primary N) is 1. The lowest BCUT2D eigenvalue weighted by Crippen LogP contribution is -2.35. The molecule has 0 aromatic heterocycles. The van der Waals surface area contributed by atoms with Crippen LogP contribution in [0.2, 0.25) is 0 Å². The van der Waals surface area contributed by atoms with Crippen LogP contribution in [0.4, 0.5) is 10.5 Å². The number of carbonyl (C=O) groups excluding carboxylic acids is 1. The number of amides is 1. The largest absolute Gasteiger partial charge is 0.495 e. The third-order valence-corrected chi connectivity index (χ3v) is 3.11. The molecule has 0 aliphatic rings. The summed E-state index contributed by atoms with van der Waals surface area (Å²) < 4.78 is 36.5. The van der Waals surface area contributed by atoms with Crippen molar-refractivity contribution in [2.75, 3.05) is 25.5 Å². The Bertz CT molecular complexity index is 676. The summed E-state index contributed by atoms with van der Waals surface area (Å²) in [5, 5.41) is 0. The molecule has 1 amide bonds. The number of hydrogen-bond acceptors (Lipinski definition) is 6.